The van der Waals surface area contributed by atoms with Crippen LogP contribution in [-0.4, -0.2) is 47.9 Å². The third-order valence-electron chi connectivity index (χ3n) is 1.05. The second-order valence-electron chi connectivity index (χ2n) is 1.82. The predicted molar refractivity (Wildman–Crippen MR) is 54.0 cm³/mol. The zero-order chi connectivity index (χ0) is 7.82. The lowest BCUT2D eigenvalue weighted by Crippen LogP contribution is -2.17. The van der Waals surface area contributed by atoms with E-state index in [1.54, 1.807) is 0 Å². The number of alkyl halides is 1. The highest BCUT2D eigenvalue weighted by Crippen LogP contribution is 2.02. The van der Waals surface area contributed by atoms with Crippen molar-refractivity contribution in [2.24, 2.45) is 0 Å². The number of ether oxygens (including phenoxy) is 2. The molecule has 0 N–H and O–H groups in total. The number of halogens is 1. The minimum absolute atomic E-state index is 0. The molecule has 0 radical (unpaired) electrons. The Labute approximate surface area is 93.3 Å². The Hall–Kier alpha value is 1.17. The Morgan fingerprint density at radius 1 is 1.18 bits per heavy atom. The van der Waals surface area contributed by atoms with E-state index in [4.69, 9.17) is 9.47 Å². The first kappa shape index (κ1) is 14.7. The molecule has 0 aliphatic rings. The van der Waals surface area contributed by atoms with Gasteiger partial charge >= 0.3 is 23.1 Å². The molecule has 2 nitrogen and oxygen atoms in total. The highest BCUT2D eigenvalue weighted by Gasteiger charge is 2.04. The first-order valence-electron chi connectivity index (χ1n) is 3.64. The Morgan fingerprint density at radius 3 is 1.91 bits per heavy atom. The Kier molecular flexibility index (Phi) is 14.9. The van der Waals surface area contributed by atoms with Gasteiger partial charge in [-0.15, -0.1) is 0 Å². The molecule has 0 bridgehead atoms. The highest BCUT2D eigenvalue weighted by molar-refractivity contribution is 9.09. The van der Waals surface area contributed by atoms with Gasteiger partial charge in [0, 0.05) is 25.0 Å². The van der Waals surface area contributed by atoms with Gasteiger partial charge in [0.2, 0.25) is 0 Å². The summed E-state index contributed by atoms with van der Waals surface area (Å²) in [6.07, 6.45) is 0.899. The fraction of sp³-hybridized carbons (Fsp3) is 1.00. The summed E-state index contributed by atoms with van der Waals surface area (Å²) in [6, 6.07) is 0. The molecule has 0 spiro atoms. The van der Waals surface area contributed by atoms with Crippen LogP contribution in [0.4, 0.5) is 0 Å². The second-order valence-corrected chi connectivity index (χ2v) is 2.61. The molecule has 0 aromatic rings. The number of hydrogen-bond donors (Lipinski definition) is 0. The maximum Gasteiger partial charge on any atom is 0.316 e. The molecule has 0 saturated heterocycles. The normalized spacial score (nSPS) is 9.82. The van der Waals surface area contributed by atoms with E-state index in [1.165, 1.54) is 0 Å². The van der Waals surface area contributed by atoms with Crippen LogP contribution in [0, 0.1) is 0 Å². The van der Waals surface area contributed by atoms with E-state index < -0.39 is 0 Å². The van der Waals surface area contributed by atoms with Crippen molar-refractivity contribution in [3.8, 4) is 0 Å². The maximum absolute atomic E-state index is 5.27. The molecule has 4 heteroatoms. The van der Waals surface area contributed by atoms with Gasteiger partial charge in [-0.05, 0) is 13.8 Å². The average molecular weight is 237 g/mol. The van der Waals surface area contributed by atoms with Crippen molar-refractivity contribution in [1.82, 2.24) is 0 Å². The Balaban J connectivity index is 0. The predicted octanol–water partition coefficient (Wildman–Crippen LogP) is 1.25. The number of hydrogen-bond acceptors (Lipinski definition) is 2. The fourth-order valence-corrected chi connectivity index (χ4v) is 1.05. The van der Waals surface area contributed by atoms with Gasteiger partial charge < -0.3 is 9.47 Å². The lowest BCUT2D eigenvalue weighted by Gasteiger charge is -2.14. The van der Waals surface area contributed by atoms with Crippen LogP contribution in [0.1, 0.15) is 20.3 Å². The molecule has 0 amide bonds. The minimum Gasteiger partial charge on any atom is -0.353 e. The van der Waals surface area contributed by atoms with Crippen molar-refractivity contribution in [1.29, 1.82) is 0 Å². The summed E-state index contributed by atoms with van der Waals surface area (Å²) in [5, 5.41) is 0.928. The van der Waals surface area contributed by atoms with E-state index >= 15 is 0 Å². The van der Waals surface area contributed by atoms with E-state index in [2.05, 4.69) is 15.9 Å². The Bertz CT molecular complexity index is 59.2. The molecule has 0 atom stereocenters. The summed E-state index contributed by atoms with van der Waals surface area (Å²) in [5.41, 5.74) is 0. The van der Waals surface area contributed by atoms with Crippen LogP contribution in [0.25, 0.3) is 0 Å². The van der Waals surface area contributed by atoms with Crippen LogP contribution < -0.4 is 0 Å². The number of rotatable bonds is 6. The van der Waals surface area contributed by atoms with Crippen molar-refractivity contribution in [3.63, 3.8) is 0 Å². The SMILES string of the molecule is CCOC(CCBr)OCC.[MgH2]. The van der Waals surface area contributed by atoms with Gasteiger partial charge in [-0.2, -0.15) is 0 Å². The van der Waals surface area contributed by atoms with Gasteiger partial charge in [-0.1, -0.05) is 15.9 Å². The van der Waals surface area contributed by atoms with Crippen LogP contribution in [0.5, 0.6) is 0 Å². The summed E-state index contributed by atoms with van der Waals surface area (Å²) in [6.45, 7) is 5.38. The van der Waals surface area contributed by atoms with E-state index in [0.717, 1.165) is 25.0 Å². The molecule has 0 unspecified atom stereocenters. The van der Waals surface area contributed by atoms with Gasteiger partial charge in [0.05, 0.1) is 0 Å². The molecular formula is C7H17BrMgO2. The smallest absolute Gasteiger partial charge is 0.316 e. The monoisotopic (exact) mass is 236 g/mol. The first-order chi connectivity index (χ1) is 4.85. The van der Waals surface area contributed by atoms with Crippen LogP contribution >= 0.6 is 15.9 Å². The largest absolute Gasteiger partial charge is 0.353 e. The molecule has 0 aromatic carbocycles. The summed E-state index contributed by atoms with van der Waals surface area (Å²) < 4.78 is 10.5. The topological polar surface area (TPSA) is 18.5 Å². The molecule has 0 rings (SSSR count). The molecule has 11 heavy (non-hydrogen) atoms. The summed E-state index contributed by atoms with van der Waals surface area (Å²) in [7, 11) is 0. The van der Waals surface area contributed by atoms with Crippen molar-refractivity contribution in [2.75, 3.05) is 18.5 Å². The fourth-order valence-electron chi connectivity index (χ4n) is 0.676. The van der Waals surface area contributed by atoms with Crippen LogP contribution in [-0.2, 0) is 9.47 Å². The molecule has 0 aliphatic carbocycles. The third-order valence-corrected chi connectivity index (χ3v) is 1.51. The van der Waals surface area contributed by atoms with E-state index in [1.807, 2.05) is 13.8 Å². The quantitative estimate of drug-likeness (QED) is 0.393. The molecule has 0 aromatic heterocycles. The zero-order valence-electron chi connectivity index (χ0n) is 6.60. The molecule has 0 aliphatic heterocycles. The van der Waals surface area contributed by atoms with Crippen LogP contribution in [0.3, 0.4) is 0 Å². The molecule has 0 heterocycles. The van der Waals surface area contributed by atoms with Crippen molar-refractivity contribution >= 4 is 39.0 Å². The van der Waals surface area contributed by atoms with Gasteiger partial charge in [0.15, 0.2) is 6.29 Å². The molecule has 66 valence electrons. The first-order valence-corrected chi connectivity index (χ1v) is 4.76. The van der Waals surface area contributed by atoms with Gasteiger partial charge in [-0.25, -0.2) is 0 Å². The maximum atomic E-state index is 5.27. The van der Waals surface area contributed by atoms with Crippen LogP contribution in [0.15, 0.2) is 0 Å². The molecular weight excluding hydrogens is 220 g/mol. The zero-order valence-corrected chi connectivity index (χ0v) is 8.19. The summed E-state index contributed by atoms with van der Waals surface area (Å²) in [5.74, 6) is 0. The van der Waals surface area contributed by atoms with Gasteiger partial charge in [0.1, 0.15) is 0 Å². The lowest BCUT2D eigenvalue weighted by molar-refractivity contribution is -0.136. The average Bonchev–Trinajstić information content (AvgIpc) is 1.90. The van der Waals surface area contributed by atoms with E-state index in [-0.39, 0.29) is 29.3 Å². The van der Waals surface area contributed by atoms with Gasteiger partial charge in [0.25, 0.3) is 0 Å². The van der Waals surface area contributed by atoms with Crippen molar-refractivity contribution in [3.05, 3.63) is 0 Å². The van der Waals surface area contributed by atoms with E-state index in [0.29, 0.717) is 0 Å². The van der Waals surface area contributed by atoms with Crippen molar-refractivity contribution in [2.45, 2.75) is 26.6 Å². The van der Waals surface area contributed by atoms with Gasteiger partial charge in [-0.3, -0.25) is 0 Å². The lowest BCUT2D eigenvalue weighted by atomic mass is 10.5. The molecule has 0 fully saturated rings. The summed E-state index contributed by atoms with van der Waals surface area (Å²) in [4.78, 5) is 0. The minimum atomic E-state index is -0.0191. The third kappa shape index (κ3) is 9.08. The summed E-state index contributed by atoms with van der Waals surface area (Å²) >= 11 is 3.33. The van der Waals surface area contributed by atoms with Crippen LogP contribution in [0.2, 0.25) is 0 Å². The highest BCUT2D eigenvalue weighted by atomic mass is 79.9. The second kappa shape index (κ2) is 11.2. The van der Waals surface area contributed by atoms with Crippen molar-refractivity contribution < 1.29 is 9.47 Å². The standard InChI is InChI=1S/C7H15BrO2.Mg.2H/c1-3-9-7(5-6-8)10-4-2;;;/h7H,3-6H2,1-2H3;;;. The molecule has 0 saturated carbocycles. The van der Waals surface area contributed by atoms with E-state index in [9.17, 15) is 0 Å². The Morgan fingerprint density at radius 2 is 1.64 bits per heavy atom.